The van der Waals surface area contributed by atoms with Crippen LogP contribution in [0.5, 0.6) is 0 Å². The van der Waals surface area contributed by atoms with E-state index < -0.39 is 11.6 Å². The number of benzene rings is 2. The summed E-state index contributed by atoms with van der Waals surface area (Å²) in [6.45, 7) is 2.36. The molecule has 0 heterocycles. The molecule has 0 saturated heterocycles. The highest BCUT2D eigenvalue weighted by atomic mass is 79.9. The van der Waals surface area contributed by atoms with Crippen LogP contribution in [0.2, 0.25) is 0 Å². The second-order valence-electron chi connectivity index (χ2n) is 4.61. The molecule has 2 rings (SSSR count). The molecule has 1 unspecified atom stereocenters. The average molecular weight is 340 g/mol. The minimum absolute atomic E-state index is 0.116. The minimum Gasteiger partial charge on any atom is -0.306 e. The summed E-state index contributed by atoms with van der Waals surface area (Å²) in [5.41, 5.74) is 1.48. The fraction of sp³-hybridized carbons (Fsp3) is 0.250. The first kappa shape index (κ1) is 15.1. The summed E-state index contributed by atoms with van der Waals surface area (Å²) in [6, 6.07) is 12.4. The first-order chi connectivity index (χ1) is 9.61. The van der Waals surface area contributed by atoms with E-state index in [9.17, 15) is 8.78 Å². The molecule has 1 nitrogen and oxygen atoms in total. The van der Waals surface area contributed by atoms with E-state index in [0.717, 1.165) is 22.5 Å². The monoisotopic (exact) mass is 339 g/mol. The molecule has 2 aromatic rings. The van der Waals surface area contributed by atoms with Crippen LogP contribution in [0, 0.1) is 11.6 Å². The first-order valence-corrected chi connectivity index (χ1v) is 7.33. The summed E-state index contributed by atoms with van der Waals surface area (Å²) in [4.78, 5) is 0. The van der Waals surface area contributed by atoms with Gasteiger partial charge in [-0.25, -0.2) is 8.78 Å². The molecule has 0 bridgehead atoms. The molecule has 0 aliphatic heterocycles. The summed E-state index contributed by atoms with van der Waals surface area (Å²) in [5, 5.41) is 3.27. The van der Waals surface area contributed by atoms with Gasteiger partial charge in [0.2, 0.25) is 0 Å². The Kier molecular flexibility index (Phi) is 5.26. The summed E-state index contributed by atoms with van der Waals surface area (Å²) in [6.07, 6.45) is 0.874. The maximum Gasteiger partial charge on any atom is 0.163 e. The van der Waals surface area contributed by atoms with Gasteiger partial charge in [-0.1, -0.05) is 47.1 Å². The molecule has 0 spiro atoms. The molecule has 0 aromatic heterocycles. The largest absolute Gasteiger partial charge is 0.306 e. The first-order valence-electron chi connectivity index (χ1n) is 6.53. The molecular weight excluding hydrogens is 324 g/mol. The molecule has 0 aliphatic rings. The highest BCUT2D eigenvalue weighted by Gasteiger charge is 2.11. The predicted octanol–water partition coefficient (Wildman–Crippen LogP) is 4.97. The van der Waals surface area contributed by atoms with Gasteiger partial charge in [-0.05, 0) is 30.2 Å². The Balaban J connectivity index is 2.07. The molecule has 0 fully saturated rings. The van der Waals surface area contributed by atoms with Crippen molar-refractivity contribution in [2.45, 2.75) is 25.9 Å². The second kappa shape index (κ2) is 6.95. The number of rotatable bonds is 5. The lowest BCUT2D eigenvalue weighted by Gasteiger charge is -2.18. The number of hydrogen-bond donors (Lipinski definition) is 1. The van der Waals surface area contributed by atoms with Gasteiger partial charge < -0.3 is 5.32 Å². The van der Waals surface area contributed by atoms with E-state index in [2.05, 4.69) is 28.2 Å². The van der Waals surface area contributed by atoms with Crippen LogP contribution in [0.1, 0.15) is 30.5 Å². The van der Waals surface area contributed by atoms with Crippen molar-refractivity contribution >= 4 is 15.9 Å². The van der Waals surface area contributed by atoms with Crippen LogP contribution in [-0.4, -0.2) is 0 Å². The Morgan fingerprint density at radius 2 is 1.80 bits per heavy atom. The van der Waals surface area contributed by atoms with Gasteiger partial charge in [0.25, 0.3) is 0 Å². The molecule has 1 atom stereocenters. The molecule has 20 heavy (non-hydrogen) atoms. The van der Waals surface area contributed by atoms with Gasteiger partial charge in [0, 0.05) is 22.6 Å². The third kappa shape index (κ3) is 3.64. The van der Waals surface area contributed by atoms with Gasteiger partial charge in [0.05, 0.1) is 0 Å². The van der Waals surface area contributed by atoms with E-state index in [1.165, 1.54) is 6.07 Å². The standard InChI is InChI=1S/C16H16BrF2N/c1-2-15(11-6-8-13(17)9-7-11)20-10-12-4-3-5-14(18)16(12)19/h3-9,15,20H,2,10H2,1H3. The van der Waals surface area contributed by atoms with E-state index in [1.54, 1.807) is 6.07 Å². The zero-order chi connectivity index (χ0) is 14.5. The Labute approximate surface area is 126 Å². The molecule has 0 saturated carbocycles. The molecule has 106 valence electrons. The molecular formula is C16H16BrF2N. The van der Waals surface area contributed by atoms with Crippen molar-refractivity contribution in [1.29, 1.82) is 0 Å². The lowest BCUT2D eigenvalue weighted by molar-refractivity contribution is 0.473. The number of halogens is 3. The molecule has 0 radical (unpaired) electrons. The maximum absolute atomic E-state index is 13.6. The van der Waals surface area contributed by atoms with Crippen molar-refractivity contribution in [3.05, 3.63) is 69.7 Å². The van der Waals surface area contributed by atoms with E-state index in [0.29, 0.717) is 12.1 Å². The number of nitrogens with one attached hydrogen (secondary N) is 1. The van der Waals surface area contributed by atoms with Crippen LogP contribution < -0.4 is 5.32 Å². The van der Waals surface area contributed by atoms with Crippen molar-refractivity contribution in [1.82, 2.24) is 5.32 Å². The fourth-order valence-corrected chi connectivity index (χ4v) is 2.38. The normalized spacial score (nSPS) is 12.4. The zero-order valence-corrected chi connectivity index (χ0v) is 12.8. The van der Waals surface area contributed by atoms with E-state index in [1.807, 2.05) is 24.3 Å². The molecule has 4 heteroatoms. The summed E-state index contributed by atoms with van der Waals surface area (Å²) in [5.74, 6) is -1.58. The van der Waals surface area contributed by atoms with Crippen LogP contribution >= 0.6 is 15.9 Å². The minimum atomic E-state index is -0.805. The Bertz CT molecular complexity index is 569. The van der Waals surface area contributed by atoms with Gasteiger partial charge in [0.1, 0.15) is 0 Å². The van der Waals surface area contributed by atoms with Crippen molar-refractivity contribution in [2.24, 2.45) is 0 Å². The second-order valence-corrected chi connectivity index (χ2v) is 5.52. The van der Waals surface area contributed by atoms with Crippen molar-refractivity contribution in [2.75, 3.05) is 0 Å². The van der Waals surface area contributed by atoms with Crippen molar-refractivity contribution < 1.29 is 8.78 Å². The van der Waals surface area contributed by atoms with Gasteiger partial charge in [0.15, 0.2) is 11.6 Å². The molecule has 0 aliphatic carbocycles. The summed E-state index contributed by atoms with van der Waals surface area (Å²) in [7, 11) is 0. The van der Waals surface area contributed by atoms with Crippen LogP contribution in [0.25, 0.3) is 0 Å². The quantitative estimate of drug-likeness (QED) is 0.810. The molecule has 2 aromatic carbocycles. The molecule has 0 amide bonds. The van der Waals surface area contributed by atoms with Crippen molar-refractivity contribution in [3.63, 3.8) is 0 Å². The Morgan fingerprint density at radius 1 is 1.10 bits per heavy atom. The smallest absolute Gasteiger partial charge is 0.163 e. The lowest BCUT2D eigenvalue weighted by Crippen LogP contribution is -2.21. The van der Waals surface area contributed by atoms with Crippen LogP contribution in [0.3, 0.4) is 0 Å². The summed E-state index contributed by atoms with van der Waals surface area (Å²) < 4.78 is 27.8. The van der Waals surface area contributed by atoms with Gasteiger partial charge >= 0.3 is 0 Å². The summed E-state index contributed by atoms with van der Waals surface area (Å²) >= 11 is 3.40. The maximum atomic E-state index is 13.6. The zero-order valence-electron chi connectivity index (χ0n) is 11.2. The van der Waals surface area contributed by atoms with Crippen LogP contribution in [-0.2, 0) is 6.54 Å². The third-order valence-electron chi connectivity index (χ3n) is 3.25. The fourth-order valence-electron chi connectivity index (χ4n) is 2.11. The van der Waals surface area contributed by atoms with E-state index >= 15 is 0 Å². The molecule has 1 N–H and O–H groups in total. The highest BCUT2D eigenvalue weighted by molar-refractivity contribution is 9.10. The Hall–Kier alpha value is -1.26. The van der Waals surface area contributed by atoms with Gasteiger partial charge in [-0.2, -0.15) is 0 Å². The van der Waals surface area contributed by atoms with Gasteiger partial charge in [-0.3, -0.25) is 0 Å². The topological polar surface area (TPSA) is 12.0 Å². The third-order valence-corrected chi connectivity index (χ3v) is 3.78. The van der Waals surface area contributed by atoms with E-state index in [-0.39, 0.29) is 6.04 Å². The predicted molar refractivity (Wildman–Crippen MR) is 80.4 cm³/mol. The van der Waals surface area contributed by atoms with Crippen LogP contribution in [0.15, 0.2) is 46.9 Å². The van der Waals surface area contributed by atoms with Gasteiger partial charge in [-0.15, -0.1) is 0 Å². The average Bonchev–Trinajstić information content (AvgIpc) is 2.45. The van der Waals surface area contributed by atoms with Crippen molar-refractivity contribution in [3.8, 4) is 0 Å². The lowest BCUT2D eigenvalue weighted by atomic mass is 10.0. The number of hydrogen-bond acceptors (Lipinski definition) is 1. The Morgan fingerprint density at radius 3 is 2.45 bits per heavy atom. The van der Waals surface area contributed by atoms with Crippen LogP contribution in [0.4, 0.5) is 8.78 Å². The highest BCUT2D eigenvalue weighted by Crippen LogP contribution is 2.20. The SMILES string of the molecule is CCC(NCc1cccc(F)c1F)c1ccc(Br)cc1. The van der Waals surface area contributed by atoms with E-state index in [4.69, 9.17) is 0 Å².